The largest absolute Gasteiger partial charge is 0.476 e. The molecular formula is C21H23FN2O5. The molecule has 0 unspecified atom stereocenters. The Morgan fingerprint density at radius 1 is 1.03 bits per heavy atom. The lowest BCUT2D eigenvalue weighted by molar-refractivity contribution is -0.161. The van der Waals surface area contributed by atoms with Crippen LogP contribution in [0.25, 0.3) is 0 Å². The Labute approximate surface area is 168 Å². The summed E-state index contributed by atoms with van der Waals surface area (Å²) in [6.07, 6.45) is 0. The molecule has 0 aliphatic carbocycles. The summed E-state index contributed by atoms with van der Waals surface area (Å²) in [7, 11) is 0. The molecule has 8 heteroatoms. The zero-order valence-corrected chi connectivity index (χ0v) is 16.7. The Hall–Kier alpha value is -3.42. The fourth-order valence-corrected chi connectivity index (χ4v) is 2.41. The van der Waals surface area contributed by atoms with Gasteiger partial charge in [-0.25, -0.2) is 14.0 Å². The summed E-state index contributed by atoms with van der Waals surface area (Å²) in [6, 6.07) is 9.84. The van der Waals surface area contributed by atoms with Crippen LogP contribution in [-0.2, 0) is 14.3 Å². The van der Waals surface area contributed by atoms with Crippen molar-refractivity contribution in [3.8, 4) is 5.75 Å². The van der Waals surface area contributed by atoms with Crippen molar-refractivity contribution < 1.29 is 28.2 Å². The topological polar surface area (TPSA) is 93.7 Å². The lowest BCUT2D eigenvalue weighted by Crippen LogP contribution is -2.43. The second-order valence-electron chi connectivity index (χ2n) is 6.96. The highest BCUT2D eigenvalue weighted by Gasteiger charge is 2.32. The lowest BCUT2D eigenvalue weighted by atomic mass is 10.1. The summed E-state index contributed by atoms with van der Waals surface area (Å²) in [5.74, 6) is -1.77. The molecule has 0 spiro atoms. The highest BCUT2D eigenvalue weighted by molar-refractivity contribution is 6.02. The number of carbonyl (C=O) groups is 3. The van der Waals surface area contributed by atoms with Gasteiger partial charge in [0.05, 0.1) is 0 Å². The third kappa shape index (κ3) is 6.60. The van der Waals surface area contributed by atoms with Gasteiger partial charge in [-0.1, -0.05) is 17.7 Å². The number of benzene rings is 2. The quantitative estimate of drug-likeness (QED) is 0.722. The van der Waals surface area contributed by atoms with Crippen molar-refractivity contribution in [3.63, 3.8) is 0 Å². The monoisotopic (exact) mass is 402 g/mol. The first-order valence-corrected chi connectivity index (χ1v) is 8.87. The Kier molecular flexibility index (Phi) is 6.93. The Balaban J connectivity index is 1.83. The molecule has 154 valence electrons. The fourth-order valence-electron chi connectivity index (χ4n) is 2.41. The molecule has 2 rings (SSSR count). The van der Waals surface area contributed by atoms with E-state index in [2.05, 4.69) is 10.6 Å². The van der Waals surface area contributed by atoms with Crippen LogP contribution in [-0.4, -0.2) is 30.1 Å². The van der Waals surface area contributed by atoms with E-state index in [1.807, 2.05) is 26.0 Å². The predicted octanol–water partition coefficient (Wildman–Crippen LogP) is 3.49. The number of hydrogen-bond acceptors (Lipinski definition) is 5. The number of imide groups is 1. The standard InChI is InChI=1S/C21H23FN2O5/c1-13-5-10-17(14(2)11-13)23-20(27)24-18(25)12-28-19(26)21(3,4)29-16-8-6-15(22)7-9-16/h5-11H,12H2,1-4H3,(H2,23,24,25,27). The summed E-state index contributed by atoms with van der Waals surface area (Å²) in [5.41, 5.74) is 1.03. The summed E-state index contributed by atoms with van der Waals surface area (Å²) >= 11 is 0. The minimum Gasteiger partial charge on any atom is -0.476 e. The molecule has 2 N–H and O–H groups in total. The van der Waals surface area contributed by atoms with E-state index in [0.29, 0.717) is 5.69 Å². The van der Waals surface area contributed by atoms with Gasteiger partial charge in [0.25, 0.3) is 5.91 Å². The van der Waals surface area contributed by atoms with E-state index in [-0.39, 0.29) is 5.75 Å². The van der Waals surface area contributed by atoms with Crippen LogP contribution in [0, 0.1) is 19.7 Å². The van der Waals surface area contributed by atoms with Crippen LogP contribution in [0.15, 0.2) is 42.5 Å². The summed E-state index contributed by atoms with van der Waals surface area (Å²) in [5, 5.41) is 4.64. The average Bonchev–Trinajstić information content (AvgIpc) is 2.63. The van der Waals surface area contributed by atoms with Gasteiger partial charge < -0.3 is 14.8 Å². The van der Waals surface area contributed by atoms with Crippen LogP contribution in [0.4, 0.5) is 14.9 Å². The van der Waals surface area contributed by atoms with Gasteiger partial charge in [0.2, 0.25) is 0 Å². The van der Waals surface area contributed by atoms with Crippen LogP contribution in [0.5, 0.6) is 5.75 Å². The number of halogens is 1. The van der Waals surface area contributed by atoms with Crippen molar-refractivity contribution in [3.05, 3.63) is 59.4 Å². The van der Waals surface area contributed by atoms with Gasteiger partial charge >= 0.3 is 12.0 Å². The van der Waals surface area contributed by atoms with E-state index in [1.54, 1.807) is 6.07 Å². The molecule has 0 heterocycles. The maximum atomic E-state index is 12.9. The van der Waals surface area contributed by atoms with Gasteiger partial charge in [0, 0.05) is 5.69 Å². The maximum absolute atomic E-state index is 12.9. The summed E-state index contributed by atoms with van der Waals surface area (Å²) < 4.78 is 23.4. The predicted molar refractivity (Wildman–Crippen MR) is 105 cm³/mol. The van der Waals surface area contributed by atoms with Gasteiger partial charge in [0.15, 0.2) is 12.2 Å². The number of amides is 3. The third-order valence-electron chi connectivity index (χ3n) is 3.90. The fraction of sp³-hybridized carbons (Fsp3) is 0.286. The van der Waals surface area contributed by atoms with E-state index in [1.165, 1.54) is 38.1 Å². The average molecular weight is 402 g/mol. The Bertz CT molecular complexity index is 910. The highest BCUT2D eigenvalue weighted by atomic mass is 19.1. The number of aryl methyl sites for hydroxylation is 2. The van der Waals surface area contributed by atoms with Crippen LogP contribution >= 0.6 is 0 Å². The van der Waals surface area contributed by atoms with Gasteiger partial charge in [-0.15, -0.1) is 0 Å². The molecule has 2 aromatic carbocycles. The third-order valence-corrected chi connectivity index (χ3v) is 3.90. The zero-order valence-electron chi connectivity index (χ0n) is 16.7. The molecule has 2 aromatic rings. The van der Waals surface area contributed by atoms with Gasteiger partial charge in [-0.3, -0.25) is 10.1 Å². The first-order valence-electron chi connectivity index (χ1n) is 8.87. The van der Waals surface area contributed by atoms with Crippen LogP contribution < -0.4 is 15.4 Å². The number of urea groups is 1. The molecule has 29 heavy (non-hydrogen) atoms. The number of nitrogens with one attached hydrogen (secondary N) is 2. The zero-order chi connectivity index (χ0) is 21.6. The molecule has 0 aliphatic heterocycles. The summed E-state index contributed by atoms with van der Waals surface area (Å²) in [6.45, 7) is 5.99. The number of carbonyl (C=O) groups excluding carboxylic acids is 3. The number of hydrogen-bond donors (Lipinski definition) is 2. The second-order valence-corrected chi connectivity index (χ2v) is 6.96. The number of ether oxygens (including phenoxy) is 2. The van der Waals surface area contributed by atoms with Crippen molar-refractivity contribution in [2.45, 2.75) is 33.3 Å². The highest BCUT2D eigenvalue weighted by Crippen LogP contribution is 2.20. The number of anilines is 1. The van der Waals surface area contributed by atoms with E-state index in [9.17, 15) is 18.8 Å². The SMILES string of the molecule is Cc1ccc(NC(=O)NC(=O)COC(=O)C(C)(C)Oc2ccc(F)cc2)c(C)c1. The molecular weight excluding hydrogens is 379 g/mol. The van der Waals surface area contributed by atoms with E-state index >= 15 is 0 Å². The summed E-state index contributed by atoms with van der Waals surface area (Å²) in [4.78, 5) is 36.0. The maximum Gasteiger partial charge on any atom is 0.350 e. The van der Waals surface area contributed by atoms with E-state index < -0.39 is 35.9 Å². The van der Waals surface area contributed by atoms with E-state index in [0.717, 1.165) is 11.1 Å². The van der Waals surface area contributed by atoms with Crippen molar-refractivity contribution >= 4 is 23.6 Å². The molecule has 0 radical (unpaired) electrons. The van der Waals surface area contributed by atoms with Crippen molar-refractivity contribution in [2.75, 3.05) is 11.9 Å². The molecule has 0 saturated carbocycles. The number of rotatable bonds is 6. The number of esters is 1. The first kappa shape index (κ1) is 21.9. The van der Waals surface area contributed by atoms with Gasteiger partial charge in [-0.2, -0.15) is 0 Å². The van der Waals surface area contributed by atoms with Crippen molar-refractivity contribution in [2.24, 2.45) is 0 Å². The van der Waals surface area contributed by atoms with Crippen molar-refractivity contribution in [1.82, 2.24) is 5.32 Å². The smallest absolute Gasteiger partial charge is 0.350 e. The van der Waals surface area contributed by atoms with Crippen LogP contribution in [0.2, 0.25) is 0 Å². The normalized spacial score (nSPS) is 10.8. The molecule has 0 bridgehead atoms. The second kappa shape index (κ2) is 9.18. The van der Waals surface area contributed by atoms with Crippen LogP contribution in [0.1, 0.15) is 25.0 Å². The van der Waals surface area contributed by atoms with Crippen LogP contribution in [0.3, 0.4) is 0 Å². The van der Waals surface area contributed by atoms with Gasteiger partial charge in [0.1, 0.15) is 11.6 Å². The molecule has 0 atom stereocenters. The minimum atomic E-state index is -1.42. The van der Waals surface area contributed by atoms with Crippen molar-refractivity contribution in [1.29, 1.82) is 0 Å². The molecule has 0 saturated heterocycles. The van der Waals surface area contributed by atoms with Gasteiger partial charge in [-0.05, 0) is 63.6 Å². The molecule has 3 amide bonds. The lowest BCUT2D eigenvalue weighted by Gasteiger charge is -2.24. The Morgan fingerprint density at radius 3 is 2.31 bits per heavy atom. The molecule has 0 fully saturated rings. The molecule has 7 nitrogen and oxygen atoms in total. The Morgan fingerprint density at radius 2 is 1.69 bits per heavy atom. The van der Waals surface area contributed by atoms with E-state index in [4.69, 9.17) is 9.47 Å². The first-order chi connectivity index (χ1) is 13.6. The molecule has 0 aliphatic rings. The molecule has 0 aromatic heterocycles. The minimum absolute atomic E-state index is 0.269.